The maximum atomic E-state index is 11.1. The Morgan fingerprint density at radius 1 is 1.47 bits per heavy atom. The van der Waals surface area contributed by atoms with Gasteiger partial charge in [-0.15, -0.1) is 0 Å². The van der Waals surface area contributed by atoms with Gasteiger partial charge in [0, 0.05) is 36.5 Å². The number of aldehydes is 1. The molecule has 0 amide bonds. The summed E-state index contributed by atoms with van der Waals surface area (Å²) in [5.41, 5.74) is 1.17. The quantitative estimate of drug-likeness (QED) is 0.475. The summed E-state index contributed by atoms with van der Waals surface area (Å²) in [6, 6.07) is 4.50. The highest BCUT2D eigenvalue weighted by atomic mass is 16.6. The topological polar surface area (TPSA) is 63.4 Å². The van der Waals surface area contributed by atoms with Gasteiger partial charge in [-0.25, -0.2) is 0 Å². The number of nitro benzene ring substituents is 1. The van der Waals surface area contributed by atoms with E-state index in [1.165, 1.54) is 12.1 Å². The third-order valence-corrected chi connectivity index (χ3v) is 3.86. The van der Waals surface area contributed by atoms with Crippen LogP contribution in [-0.4, -0.2) is 24.3 Å². The van der Waals surface area contributed by atoms with E-state index in [9.17, 15) is 14.9 Å². The van der Waals surface area contributed by atoms with Gasteiger partial charge in [0.25, 0.3) is 5.69 Å². The first-order valence-corrected chi connectivity index (χ1v) is 6.51. The van der Waals surface area contributed by atoms with E-state index in [1.54, 1.807) is 6.07 Å². The van der Waals surface area contributed by atoms with Gasteiger partial charge in [0.05, 0.1) is 4.92 Å². The summed E-state index contributed by atoms with van der Waals surface area (Å²) >= 11 is 0. The SMILES string of the molecule is CC(C)C1CCN(c2ccc([N+](=O)[O-])cc2C=O)C1. The lowest BCUT2D eigenvalue weighted by atomic mass is 9.95. The molecule has 19 heavy (non-hydrogen) atoms. The smallest absolute Gasteiger partial charge is 0.270 e. The Kier molecular flexibility index (Phi) is 3.83. The number of anilines is 1. The Morgan fingerprint density at radius 3 is 2.74 bits per heavy atom. The first-order valence-electron chi connectivity index (χ1n) is 6.51. The van der Waals surface area contributed by atoms with Gasteiger partial charge < -0.3 is 4.90 Å². The Bertz CT molecular complexity index is 499. The van der Waals surface area contributed by atoms with Crippen LogP contribution < -0.4 is 4.90 Å². The van der Waals surface area contributed by atoms with Crippen LogP contribution in [0.2, 0.25) is 0 Å². The first-order chi connectivity index (χ1) is 9.02. The molecule has 5 nitrogen and oxygen atoms in total. The van der Waals surface area contributed by atoms with Crippen LogP contribution in [-0.2, 0) is 0 Å². The lowest BCUT2D eigenvalue weighted by Crippen LogP contribution is -2.22. The van der Waals surface area contributed by atoms with Crippen LogP contribution in [0.3, 0.4) is 0 Å². The molecule has 1 heterocycles. The maximum Gasteiger partial charge on any atom is 0.270 e. The summed E-state index contributed by atoms with van der Waals surface area (Å²) in [5.74, 6) is 1.23. The van der Waals surface area contributed by atoms with Crippen molar-refractivity contribution in [3.8, 4) is 0 Å². The molecule has 0 spiro atoms. The van der Waals surface area contributed by atoms with E-state index in [-0.39, 0.29) is 5.69 Å². The van der Waals surface area contributed by atoms with E-state index >= 15 is 0 Å². The highest BCUT2D eigenvalue weighted by molar-refractivity contribution is 5.86. The number of hydrogen-bond acceptors (Lipinski definition) is 4. The van der Waals surface area contributed by atoms with Crippen LogP contribution in [0.25, 0.3) is 0 Å². The van der Waals surface area contributed by atoms with E-state index in [4.69, 9.17) is 0 Å². The molecule has 0 saturated carbocycles. The fourth-order valence-corrected chi connectivity index (χ4v) is 2.59. The predicted molar refractivity (Wildman–Crippen MR) is 73.6 cm³/mol. The minimum Gasteiger partial charge on any atom is -0.371 e. The Morgan fingerprint density at radius 2 is 2.21 bits per heavy atom. The summed E-state index contributed by atoms with van der Waals surface area (Å²) in [4.78, 5) is 23.5. The third-order valence-electron chi connectivity index (χ3n) is 3.86. The van der Waals surface area contributed by atoms with Crippen molar-refractivity contribution in [2.75, 3.05) is 18.0 Å². The summed E-state index contributed by atoms with van der Waals surface area (Å²) in [5, 5.41) is 10.7. The minimum atomic E-state index is -0.475. The average Bonchev–Trinajstić information content (AvgIpc) is 2.87. The van der Waals surface area contributed by atoms with Gasteiger partial charge in [-0.1, -0.05) is 13.8 Å². The lowest BCUT2D eigenvalue weighted by Gasteiger charge is -2.21. The number of hydrogen-bond donors (Lipinski definition) is 0. The predicted octanol–water partition coefficient (Wildman–Crippen LogP) is 2.89. The van der Waals surface area contributed by atoms with Gasteiger partial charge in [-0.05, 0) is 24.3 Å². The molecular formula is C14H18N2O3. The summed E-state index contributed by atoms with van der Waals surface area (Å²) in [7, 11) is 0. The highest BCUT2D eigenvalue weighted by Crippen LogP contribution is 2.31. The maximum absolute atomic E-state index is 11.1. The van der Waals surface area contributed by atoms with E-state index < -0.39 is 4.92 Å². The van der Waals surface area contributed by atoms with E-state index in [2.05, 4.69) is 18.7 Å². The summed E-state index contributed by atoms with van der Waals surface area (Å²) < 4.78 is 0. The largest absolute Gasteiger partial charge is 0.371 e. The second-order valence-corrected chi connectivity index (χ2v) is 5.36. The Labute approximate surface area is 112 Å². The molecule has 0 aliphatic carbocycles. The number of carbonyl (C=O) groups excluding carboxylic acids is 1. The van der Waals surface area contributed by atoms with E-state index in [0.717, 1.165) is 25.2 Å². The van der Waals surface area contributed by atoms with Crippen molar-refractivity contribution in [1.82, 2.24) is 0 Å². The van der Waals surface area contributed by atoms with Crippen molar-refractivity contribution in [1.29, 1.82) is 0 Å². The number of benzene rings is 1. The normalized spacial score (nSPS) is 18.9. The molecule has 1 unspecified atom stereocenters. The molecule has 1 aliphatic heterocycles. The highest BCUT2D eigenvalue weighted by Gasteiger charge is 2.26. The van der Waals surface area contributed by atoms with Crippen molar-refractivity contribution in [3.63, 3.8) is 0 Å². The van der Waals surface area contributed by atoms with Crippen LogP contribution in [0.1, 0.15) is 30.6 Å². The van der Waals surface area contributed by atoms with Crippen LogP contribution in [0, 0.1) is 22.0 Å². The average molecular weight is 262 g/mol. The van der Waals surface area contributed by atoms with Crippen LogP contribution >= 0.6 is 0 Å². The molecule has 1 aliphatic rings. The van der Waals surface area contributed by atoms with Gasteiger partial charge in [-0.2, -0.15) is 0 Å². The molecular weight excluding hydrogens is 244 g/mol. The summed E-state index contributed by atoms with van der Waals surface area (Å²) in [6.45, 7) is 6.22. The number of non-ortho nitro benzene ring substituents is 1. The molecule has 1 aromatic carbocycles. The monoisotopic (exact) mass is 262 g/mol. The van der Waals surface area contributed by atoms with Gasteiger partial charge in [0.1, 0.15) is 0 Å². The zero-order valence-corrected chi connectivity index (χ0v) is 11.2. The zero-order chi connectivity index (χ0) is 14.0. The van der Waals surface area contributed by atoms with Crippen molar-refractivity contribution >= 4 is 17.7 Å². The van der Waals surface area contributed by atoms with Crippen LogP contribution in [0.5, 0.6) is 0 Å². The fourth-order valence-electron chi connectivity index (χ4n) is 2.59. The molecule has 1 saturated heterocycles. The van der Waals surface area contributed by atoms with Crippen molar-refractivity contribution in [2.45, 2.75) is 20.3 Å². The van der Waals surface area contributed by atoms with Gasteiger partial charge in [0.2, 0.25) is 0 Å². The van der Waals surface area contributed by atoms with Crippen LogP contribution in [0.4, 0.5) is 11.4 Å². The van der Waals surface area contributed by atoms with Gasteiger partial charge in [0.15, 0.2) is 6.29 Å². The number of carbonyl (C=O) groups is 1. The molecule has 102 valence electrons. The van der Waals surface area contributed by atoms with Crippen LogP contribution in [0.15, 0.2) is 18.2 Å². The molecule has 1 atom stereocenters. The number of nitro groups is 1. The van der Waals surface area contributed by atoms with E-state index in [1.807, 2.05) is 0 Å². The third kappa shape index (κ3) is 2.75. The zero-order valence-electron chi connectivity index (χ0n) is 11.2. The van der Waals surface area contributed by atoms with Gasteiger partial charge >= 0.3 is 0 Å². The van der Waals surface area contributed by atoms with Crippen molar-refractivity contribution in [3.05, 3.63) is 33.9 Å². The molecule has 0 radical (unpaired) electrons. The number of nitrogens with zero attached hydrogens (tertiary/aromatic N) is 2. The van der Waals surface area contributed by atoms with Gasteiger partial charge in [-0.3, -0.25) is 14.9 Å². The molecule has 0 N–H and O–H groups in total. The molecule has 2 rings (SSSR count). The van der Waals surface area contributed by atoms with Crippen molar-refractivity contribution < 1.29 is 9.72 Å². The van der Waals surface area contributed by atoms with Crippen molar-refractivity contribution in [2.24, 2.45) is 11.8 Å². The molecule has 0 bridgehead atoms. The first kappa shape index (κ1) is 13.5. The lowest BCUT2D eigenvalue weighted by molar-refractivity contribution is -0.384. The molecule has 0 aromatic heterocycles. The Hall–Kier alpha value is -1.91. The minimum absolute atomic E-state index is 0.0366. The molecule has 5 heteroatoms. The summed E-state index contributed by atoms with van der Waals surface area (Å²) in [6.07, 6.45) is 1.80. The Balaban J connectivity index is 2.26. The second kappa shape index (κ2) is 5.38. The molecule has 1 aromatic rings. The standard InChI is InChI=1S/C14H18N2O3/c1-10(2)11-5-6-15(8-11)14-4-3-13(16(18)19)7-12(14)9-17/h3-4,7,9-11H,5-6,8H2,1-2H3. The molecule has 1 fully saturated rings. The number of rotatable bonds is 4. The second-order valence-electron chi connectivity index (χ2n) is 5.36. The fraction of sp³-hybridized carbons (Fsp3) is 0.500. The van der Waals surface area contributed by atoms with E-state index in [0.29, 0.717) is 23.7 Å².